The van der Waals surface area contributed by atoms with Crippen molar-refractivity contribution >= 4 is 11.8 Å². The zero-order valence-electron chi connectivity index (χ0n) is 21.9. The molecule has 0 amide bonds. The third kappa shape index (κ3) is 6.39. The Morgan fingerprint density at radius 3 is 2.76 bits per heavy atom. The molecule has 0 bridgehead atoms. The van der Waals surface area contributed by atoms with Gasteiger partial charge in [0.2, 0.25) is 11.8 Å². The number of hydrogen-bond acceptors (Lipinski definition) is 10. The van der Waals surface area contributed by atoms with E-state index in [1.807, 2.05) is 54.5 Å². The van der Waals surface area contributed by atoms with E-state index in [0.717, 1.165) is 37.2 Å². The highest BCUT2D eigenvalue weighted by molar-refractivity contribution is 5.58. The highest BCUT2D eigenvalue weighted by atomic mass is 16.5. The molecule has 2 aromatic heterocycles. The first-order valence-electron chi connectivity index (χ1n) is 12.9. The zero-order valence-corrected chi connectivity index (χ0v) is 21.9. The summed E-state index contributed by atoms with van der Waals surface area (Å²) in [6.07, 6.45) is 4.35. The van der Waals surface area contributed by atoms with Crippen molar-refractivity contribution in [1.82, 2.24) is 30.5 Å². The van der Waals surface area contributed by atoms with Crippen LogP contribution >= 0.6 is 0 Å². The Balaban J connectivity index is 1.33. The standard InChI is InChI=1S/C27H36N8O2/c1-18(2)22-14-25(35(4)32-22)29-24-15-26(36-20-11-8-12-34(3)17-20)31-27(30-24)28-16-21-13-23(33-37-21)19-9-6-5-7-10-19/h5-7,9-10,13-15,18,20,25,32H,8,11-12,16-17H2,1-4H3,(H2,28,29,30,31). The van der Waals surface area contributed by atoms with Gasteiger partial charge in [-0.05, 0) is 38.4 Å². The monoisotopic (exact) mass is 504 g/mol. The first-order chi connectivity index (χ1) is 17.9. The third-order valence-electron chi connectivity index (χ3n) is 6.60. The number of ether oxygens (including phenoxy) is 1. The average molecular weight is 505 g/mol. The topological polar surface area (TPSA) is 104 Å². The van der Waals surface area contributed by atoms with E-state index in [0.29, 0.717) is 35.9 Å². The quantitative estimate of drug-likeness (QED) is 0.397. The van der Waals surface area contributed by atoms with Crippen molar-refractivity contribution in [2.75, 3.05) is 37.8 Å². The average Bonchev–Trinajstić information content (AvgIpc) is 3.50. The van der Waals surface area contributed by atoms with Crippen LogP contribution in [-0.4, -0.2) is 64.5 Å². The zero-order chi connectivity index (χ0) is 25.8. The molecular formula is C27H36N8O2. The molecule has 5 rings (SSSR count). The Hall–Kier alpha value is -3.63. The van der Waals surface area contributed by atoms with Gasteiger partial charge in [0.15, 0.2) is 5.76 Å². The smallest absolute Gasteiger partial charge is 0.228 e. The predicted octanol–water partition coefficient (Wildman–Crippen LogP) is 3.94. The molecule has 1 aromatic carbocycles. The summed E-state index contributed by atoms with van der Waals surface area (Å²) in [5.74, 6) is 2.79. The minimum atomic E-state index is -0.0449. The molecular weight excluding hydrogens is 468 g/mol. The van der Waals surface area contributed by atoms with E-state index in [-0.39, 0.29) is 12.3 Å². The van der Waals surface area contributed by atoms with Gasteiger partial charge in [-0.2, -0.15) is 9.97 Å². The predicted molar refractivity (Wildman–Crippen MR) is 144 cm³/mol. The number of nitrogens with one attached hydrogen (secondary N) is 3. The lowest BCUT2D eigenvalue weighted by Gasteiger charge is -2.29. The second-order valence-electron chi connectivity index (χ2n) is 10.0. The van der Waals surface area contributed by atoms with Gasteiger partial charge in [0.05, 0.1) is 6.54 Å². The molecule has 10 heteroatoms. The molecule has 0 spiro atoms. The molecule has 0 aliphatic carbocycles. The van der Waals surface area contributed by atoms with Crippen molar-refractivity contribution in [3.8, 4) is 17.1 Å². The molecule has 4 heterocycles. The first kappa shape index (κ1) is 25.0. The fraction of sp³-hybridized carbons (Fsp3) is 0.444. The molecule has 2 aliphatic rings. The Kier molecular flexibility index (Phi) is 7.57. The highest BCUT2D eigenvalue weighted by Crippen LogP contribution is 2.24. The summed E-state index contributed by atoms with van der Waals surface area (Å²) in [6.45, 7) is 6.71. The number of likely N-dealkylation sites (N-methyl/N-ethyl adjacent to an activating group) is 2. The molecule has 37 heavy (non-hydrogen) atoms. The summed E-state index contributed by atoms with van der Waals surface area (Å²) in [5, 5.41) is 13.0. The van der Waals surface area contributed by atoms with E-state index < -0.39 is 0 Å². The minimum Gasteiger partial charge on any atom is -0.473 e. The molecule has 196 valence electrons. The number of benzene rings is 1. The van der Waals surface area contributed by atoms with E-state index >= 15 is 0 Å². The number of allylic oxidation sites excluding steroid dienone is 1. The van der Waals surface area contributed by atoms with E-state index in [2.05, 4.69) is 58.1 Å². The van der Waals surface area contributed by atoms with Gasteiger partial charge in [-0.25, -0.2) is 5.01 Å². The van der Waals surface area contributed by atoms with Crippen LogP contribution in [-0.2, 0) is 6.54 Å². The lowest BCUT2D eigenvalue weighted by atomic mass is 10.1. The van der Waals surface area contributed by atoms with E-state index in [1.165, 1.54) is 5.70 Å². The van der Waals surface area contributed by atoms with Crippen LogP contribution in [0, 0.1) is 5.92 Å². The molecule has 3 aromatic rings. The number of piperidine rings is 1. The molecule has 2 unspecified atom stereocenters. The van der Waals surface area contributed by atoms with E-state index in [1.54, 1.807) is 0 Å². The maximum Gasteiger partial charge on any atom is 0.228 e. The van der Waals surface area contributed by atoms with Crippen molar-refractivity contribution in [1.29, 1.82) is 0 Å². The van der Waals surface area contributed by atoms with Gasteiger partial charge >= 0.3 is 0 Å². The summed E-state index contributed by atoms with van der Waals surface area (Å²) < 4.78 is 11.9. The summed E-state index contributed by atoms with van der Waals surface area (Å²) in [5.41, 5.74) is 6.38. The lowest BCUT2D eigenvalue weighted by molar-refractivity contribution is 0.100. The Labute approximate surface area is 218 Å². The van der Waals surface area contributed by atoms with E-state index in [4.69, 9.17) is 14.2 Å². The van der Waals surface area contributed by atoms with Crippen LogP contribution in [0.1, 0.15) is 32.4 Å². The van der Waals surface area contributed by atoms with Crippen LogP contribution in [0.5, 0.6) is 5.88 Å². The highest BCUT2D eigenvalue weighted by Gasteiger charge is 2.24. The minimum absolute atomic E-state index is 0.0449. The van der Waals surface area contributed by atoms with Crippen LogP contribution in [0.2, 0.25) is 0 Å². The van der Waals surface area contributed by atoms with Crippen LogP contribution in [0.25, 0.3) is 11.3 Å². The molecule has 2 aliphatic heterocycles. The normalized spacial score (nSPS) is 20.5. The molecule has 1 fully saturated rings. The number of aromatic nitrogens is 3. The lowest BCUT2D eigenvalue weighted by Crippen LogP contribution is -2.40. The Bertz CT molecular complexity index is 1210. The van der Waals surface area contributed by atoms with Crippen molar-refractivity contribution in [3.05, 3.63) is 60.0 Å². The number of rotatable bonds is 9. The van der Waals surface area contributed by atoms with Crippen molar-refractivity contribution in [2.24, 2.45) is 5.92 Å². The summed E-state index contributed by atoms with van der Waals surface area (Å²) >= 11 is 0. The number of nitrogens with zero attached hydrogens (tertiary/aromatic N) is 5. The SMILES string of the molecule is CC(C)C1=CC(Nc2cc(OC3CCCN(C)C3)nc(NCc3cc(-c4ccccc4)no3)n2)N(C)N1. The van der Waals surface area contributed by atoms with Crippen LogP contribution < -0.4 is 20.8 Å². The molecule has 0 saturated carbocycles. The molecule has 1 saturated heterocycles. The summed E-state index contributed by atoms with van der Waals surface area (Å²) in [4.78, 5) is 11.7. The van der Waals surface area contributed by atoms with Crippen molar-refractivity contribution < 1.29 is 9.26 Å². The van der Waals surface area contributed by atoms with Gasteiger partial charge in [-0.1, -0.05) is 49.3 Å². The third-order valence-corrected chi connectivity index (χ3v) is 6.60. The number of hydrazine groups is 1. The van der Waals surface area contributed by atoms with Gasteiger partial charge in [0.25, 0.3) is 0 Å². The van der Waals surface area contributed by atoms with Gasteiger partial charge in [0.1, 0.15) is 23.8 Å². The number of hydrogen-bond donors (Lipinski definition) is 3. The van der Waals surface area contributed by atoms with Crippen molar-refractivity contribution in [2.45, 2.75) is 45.5 Å². The van der Waals surface area contributed by atoms with Crippen LogP contribution in [0.3, 0.4) is 0 Å². The maximum atomic E-state index is 6.32. The second kappa shape index (κ2) is 11.2. The fourth-order valence-electron chi connectivity index (χ4n) is 4.54. The Morgan fingerprint density at radius 1 is 1.16 bits per heavy atom. The fourth-order valence-corrected chi connectivity index (χ4v) is 4.54. The van der Waals surface area contributed by atoms with Crippen LogP contribution in [0.4, 0.5) is 11.8 Å². The van der Waals surface area contributed by atoms with Crippen molar-refractivity contribution in [3.63, 3.8) is 0 Å². The molecule has 10 nitrogen and oxygen atoms in total. The molecule has 0 radical (unpaired) electrons. The first-order valence-corrected chi connectivity index (χ1v) is 12.9. The molecule has 2 atom stereocenters. The van der Waals surface area contributed by atoms with E-state index in [9.17, 15) is 0 Å². The molecule has 3 N–H and O–H groups in total. The van der Waals surface area contributed by atoms with Crippen LogP contribution in [0.15, 0.2) is 58.8 Å². The summed E-state index contributed by atoms with van der Waals surface area (Å²) in [7, 11) is 4.13. The Morgan fingerprint density at radius 2 is 2.00 bits per heavy atom. The number of anilines is 2. The largest absolute Gasteiger partial charge is 0.473 e. The van der Waals surface area contributed by atoms with Gasteiger partial charge in [0, 0.05) is 37.0 Å². The van der Waals surface area contributed by atoms with Gasteiger partial charge in [-0.15, -0.1) is 0 Å². The van der Waals surface area contributed by atoms with Gasteiger partial charge < -0.3 is 30.2 Å². The maximum absolute atomic E-state index is 6.32. The second-order valence-corrected chi connectivity index (χ2v) is 10.0. The summed E-state index contributed by atoms with van der Waals surface area (Å²) in [6, 6.07) is 13.8. The van der Waals surface area contributed by atoms with Gasteiger partial charge in [-0.3, -0.25) is 0 Å². The number of likely N-dealkylation sites (tertiary alicyclic amines) is 1.